The molecule has 114 valence electrons. The van der Waals surface area contributed by atoms with Gasteiger partial charge in [-0.3, -0.25) is 0 Å². The van der Waals surface area contributed by atoms with Crippen molar-refractivity contribution in [2.24, 2.45) is 5.92 Å². The predicted octanol–water partition coefficient (Wildman–Crippen LogP) is 3.70. The number of rotatable bonds is 1. The third-order valence-electron chi connectivity index (χ3n) is 6.02. The van der Waals surface area contributed by atoms with Crippen LogP contribution in [0.25, 0.3) is 0 Å². The monoisotopic (exact) mass is 290 g/mol. The fraction of sp³-hybridized carbons (Fsp3) is 0.667. The van der Waals surface area contributed by atoms with E-state index in [1.54, 1.807) is 6.07 Å². The van der Waals surface area contributed by atoms with Gasteiger partial charge in [-0.05, 0) is 61.6 Å². The number of hydrogen-bond donors (Lipinski definition) is 1. The number of fused-ring (bicyclic) bond motifs is 1. The molecule has 2 atom stereocenters. The normalized spacial score (nSPS) is 34.3. The molecule has 0 bridgehead atoms. The van der Waals surface area contributed by atoms with Crippen molar-refractivity contribution < 1.29 is 14.2 Å². The summed E-state index contributed by atoms with van der Waals surface area (Å²) < 4.78 is 20.0. The lowest BCUT2D eigenvalue weighted by molar-refractivity contribution is -0.143. The molecular weight excluding hydrogens is 267 g/mol. The highest BCUT2D eigenvalue weighted by molar-refractivity contribution is 5.39. The van der Waals surface area contributed by atoms with Crippen molar-refractivity contribution >= 4 is 0 Å². The molecule has 0 aromatic heterocycles. The molecule has 1 aromatic rings. The van der Waals surface area contributed by atoms with E-state index in [0.29, 0.717) is 12.8 Å². The number of hydrogen-bond acceptors (Lipinski definition) is 2. The maximum atomic E-state index is 14.0. The first kappa shape index (κ1) is 13.7. The van der Waals surface area contributed by atoms with Gasteiger partial charge in [0.25, 0.3) is 0 Å². The van der Waals surface area contributed by atoms with Crippen molar-refractivity contribution in [2.45, 2.75) is 62.6 Å². The number of aliphatic hydroxyl groups is 1. The van der Waals surface area contributed by atoms with Crippen LogP contribution in [0.3, 0.4) is 0 Å². The van der Waals surface area contributed by atoms with Gasteiger partial charge in [0.15, 0.2) is 0 Å². The predicted molar refractivity (Wildman–Crippen MR) is 78.5 cm³/mol. The van der Waals surface area contributed by atoms with E-state index in [1.807, 2.05) is 6.07 Å². The maximum absolute atomic E-state index is 14.0. The van der Waals surface area contributed by atoms with Crippen LogP contribution in [-0.2, 0) is 16.8 Å². The van der Waals surface area contributed by atoms with Gasteiger partial charge >= 0.3 is 0 Å². The van der Waals surface area contributed by atoms with E-state index in [1.165, 1.54) is 18.9 Å². The average Bonchev–Trinajstić information content (AvgIpc) is 3.07. The molecule has 4 rings (SSSR count). The summed E-state index contributed by atoms with van der Waals surface area (Å²) in [5.41, 5.74) is 0.709. The van der Waals surface area contributed by atoms with Crippen LogP contribution in [0.15, 0.2) is 18.2 Å². The van der Waals surface area contributed by atoms with Crippen molar-refractivity contribution in [3.05, 3.63) is 35.1 Å². The summed E-state index contributed by atoms with van der Waals surface area (Å²) >= 11 is 0. The van der Waals surface area contributed by atoms with E-state index in [0.717, 1.165) is 43.4 Å². The summed E-state index contributed by atoms with van der Waals surface area (Å²) in [5.74, 6) is 0.0402. The first-order chi connectivity index (χ1) is 10.1. The van der Waals surface area contributed by atoms with E-state index < -0.39 is 5.60 Å². The Bertz CT molecular complexity index is 550. The Kier molecular flexibility index (Phi) is 3.13. The number of halogens is 1. The standard InChI is InChI=1S/C18H23FO2/c19-16-5-3-4-15-14(16)6-10-18(15,20)13-7-11-21-17(12-13)8-1-2-9-17/h3-5,13,20H,1-2,6-12H2. The quantitative estimate of drug-likeness (QED) is 0.854. The Hall–Kier alpha value is -0.930. The van der Waals surface area contributed by atoms with Crippen LogP contribution in [0, 0.1) is 11.7 Å². The molecule has 2 nitrogen and oxygen atoms in total. The second kappa shape index (κ2) is 4.79. The van der Waals surface area contributed by atoms with E-state index in [-0.39, 0.29) is 17.3 Å². The Balaban J connectivity index is 1.66. The van der Waals surface area contributed by atoms with Gasteiger partial charge in [0.05, 0.1) is 11.2 Å². The minimum Gasteiger partial charge on any atom is -0.385 e. The van der Waals surface area contributed by atoms with Crippen molar-refractivity contribution in [1.82, 2.24) is 0 Å². The fourth-order valence-electron chi connectivity index (χ4n) is 4.90. The third-order valence-corrected chi connectivity index (χ3v) is 6.02. The van der Waals surface area contributed by atoms with Crippen molar-refractivity contribution in [2.75, 3.05) is 6.61 Å². The van der Waals surface area contributed by atoms with Crippen LogP contribution in [-0.4, -0.2) is 17.3 Å². The molecule has 1 saturated heterocycles. The van der Waals surface area contributed by atoms with E-state index in [9.17, 15) is 9.50 Å². The molecule has 1 aromatic carbocycles. The van der Waals surface area contributed by atoms with Crippen LogP contribution >= 0.6 is 0 Å². The molecule has 21 heavy (non-hydrogen) atoms. The van der Waals surface area contributed by atoms with E-state index in [4.69, 9.17) is 4.74 Å². The summed E-state index contributed by atoms with van der Waals surface area (Å²) in [6.45, 7) is 0.734. The number of benzene rings is 1. The lowest BCUT2D eigenvalue weighted by atomic mass is 9.72. The highest BCUT2D eigenvalue weighted by Gasteiger charge is 2.50. The van der Waals surface area contributed by atoms with Crippen LogP contribution < -0.4 is 0 Å². The van der Waals surface area contributed by atoms with Crippen LogP contribution in [0.1, 0.15) is 56.1 Å². The minimum absolute atomic E-state index is 0.00523. The molecule has 0 radical (unpaired) electrons. The molecule has 2 unspecified atom stereocenters. The van der Waals surface area contributed by atoms with Crippen LogP contribution in [0.5, 0.6) is 0 Å². The molecular formula is C18H23FO2. The van der Waals surface area contributed by atoms with Gasteiger partial charge in [-0.1, -0.05) is 25.0 Å². The van der Waals surface area contributed by atoms with Gasteiger partial charge in [0.1, 0.15) is 5.82 Å². The first-order valence-electron chi connectivity index (χ1n) is 8.27. The zero-order valence-electron chi connectivity index (χ0n) is 12.4. The van der Waals surface area contributed by atoms with E-state index >= 15 is 0 Å². The van der Waals surface area contributed by atoms with Crippen LogP contribution in [0.4, 0.5) is 4.39 Å². The van der Waals surface area contributed by atoms with Crippen molar-refractivity contribution in [3.63, 3.8) is 0 Å². The zero-order chi connectivity index (χ0) is 14.5. The van der Waals surface area contributed by atoms with Crippen molar-refractivity contribution in [3.8, 4) is 0 Å². The third kappa shape index (κ3) is 2.05. The Morgan fingerprint density at radius 2 is 2.00 bits per heavy atom. The average molecular weight is 290 g/mol. The van der Waals surface area contributed by atoms with Crippen molar-refractivity contribution in [1.29, 1.82) is 0 Å². The lowest BCUT2D eigenvalue weighted by Gasteiger charge is -2.44. The summed E-state index contributed by atoms with van der Waals surface area (Å²) in [5, 5.41) is 11.3. The maximum Gasteiger partial charge on any atom is 0.126 e. The van der Waals surface area contributed by atoms with Gasteiger partial charge in [0, 0.05) is 6.61 Å². The Morgan fingerprint density at radius 3 is 2.81 bits per heavy atom. The molecule has 3 heteroatoms. The summed E-state index contributed by atoms with van der Waals surface area (Å²) in [7, 11) is 0. The molecule has 2 aliphatic carbocycles. The van der Waals surface area contributed by atoms with Gasteiger partial charge in [-0.25, -0.2) is 4.39 Å². The molecule has 1 saturated carbocycles. The smallest absolute Gasteiger partial charge is 0.126 e. The first-order valence-corrected chi connectivity index (χ1v) is 8.27. The molecule has 1 N–H and O–H groups in total. The van der Waals surface area contributed by atoms with Gasteiger partial charge in [0.2, 0.25) is 0 Å². The van der Waals surface area contributed by atoms with Gasteiger partial charge < -0.3 is 9.84 Å². The second-order valence-electron chi connectivity index (χ2n) is 7.12. The number of ether oxygens (including phenoxy) is 1. The minimum atomic E-state index is -0.850. The Labute approximate surface area is 125 Å². The molecule has 2 fully saturated rings. The summed E-state index contributed by atoms with van der Waals surface area (Å²) in [6.07, 6.45) is 7.83. The zero-order valence-corrected chi connectivity index (χ0v) is 12.4. The fourth-order valence-corrected chi connectivity index (χ4v) is 4.90. The Morgan fingerprint density at radius 1 is 1.19 bits per heavy atom. The topological polar surface area (TPSA) is 29.5 Å². The largest absolute Gasteiger partial charge is 0.385 e. The van der Waals surface area contributed by atoms with Gasteiger partial charge in [-0.2, -0.15) is 0 Å². The van der Waals surface area contributed by atoms with Gasteiger partial charge in [-0.15, -0.1) is 0 Å². The lowest BCUT2D eigenvalue weighted by Crippen LogP contribution is -2.45. The summed E-state index contributed by atoms with van der Waals surface area (Å²) in [6, 6.07) is 5.16. The molecule has 0 amide bonds. The molecule has 1 heterocycles. The van der Waals surface area contributed by atoms with E-state index in [2.05, 4.69) is 0 Å². The highest BCUT2D eigenvalue weighted by atomic mass is 19.1. The molecule has 1 aliphatic heterocycles. The molecule has 1 spiro atoms. The van der Waals surface area contributed by atoms with Crippen LogP contribution in [0.2, 0.25) is 0 Å². The SMILES string of the molecule is OC1(C2CCOC3(CCCC3)C2)CCc2c(F)cccc21. The second-order valence-corrected chi connectivity index (χ2v) is 7.12. The molecule has 3 aliphatic rings. The highest BCUT2D eigenvalue weighted by Crippen LogP contribution is 2.51. The summed E-state index contributed by atoms with van der Waals surface area (Å²) in [4.78, 5) is 0.